The topological polar surface area (TPSA) is 108 Å². The summed E-state index contributed by atoms with van der Waals surface area (Å²) in [7, 11) is 0. The summed E-state index contributed by atoms with van der Waals surface area (Å²) in [4.78, 5) is 43.3. The van der Waals surface area contributed by atoms with Gasteiger partial charge in [-0.05, 0) is 62.8 Å². The zero-order valence-corrected chi connectivity index (χ0v) is 22.5. The summed E-state index contributed by atoms with van der Waals surface area (Å²) in [5.41, 5.74) is 1.56. The van der Waals surface area contributed by atoms with Crippen molar-refractivity contribution in [2.75, 3.05) is 11.9 Å². The molecule has 1 spiro atoms. The number of fused-ring (bicyclic) bond motifs is 1. The normalized spacial score (nSPS) is 30.3. The van der Waals surface area contributed by atoms with Gasteiger partial charge in [-0.25, -0.2) is 0 Å². The number of aliphatic hydroxyl groups is 1. The van der Waals surface area contributed by atoms with E-state index in [1.165, 1.54) is 4.90 Å². The first kappa shape index (κ1) is 26.4. The van der Waals surface area contributed by atoms with E-state index in [-0.39, 0.29) is 24.3 Å². The van der Waals surface area contributed by atoms with E-state index in [1.807, 2.05) is 76.2 Å². The molecule has 3 fully saturated rings. The molecule has 2 aromatic rings. The predicted molar refractivity (Wildman–Crippen MR) is 143 cm³/mol. The number of likely N-dealkylation sites (tertiary alicyclic amines) is 1. The number of hydrogen-bond acceptors (Lipinski definition) is 5. The Balaban J connectivity index is 1.50. The van der Waals surface area contributed by atoms with Crippen LogP contribution in [0.2, 0.25) is 0 Å². The van der Waals surface area contributed by atoms with Crippen LogP contribution in [0, 0.1) is 25.7 Å². The molecule has 2 aromatic carbocycles. The fourth-order valence-corrected chi connectivity index (χ4v) is 6.84. The van der Waals surface area contributed by atoms with Crippen LogP contribution >= 0.6 is 0 Å². The summed E-state index contributed by atoms with van der Waals surface area (Å²) < 4.78 is 6.66. The first-order chi connectivity index (χ1) is 18.1. The minimum Gasteiger partial charge on any atom is -0.394 e. The van der Waals surface area contributed by atoms with E-state index in [0.29, 0.717) is 31.5 Å². The smallest absolute Gasteiger partial charge is 0.250 e. The minimum absolute atomic E-state index is 0.246. The molecular formula is C30H37N3O5. The summed E-state index contributed by atoms with van der Waals surface area (Å²) in [5, 5.41) is 16.3. The molecule has 38 heavy (non-hydrogen) atoms. The molecule has 5 rings (SSSR count). The standard InChI is InChI=1S/C30H37N3O5/c1-5-21(17-34)33-25(27(36)32-22-15-18(2)11-12-19(22)3)30-14-13-29(4,38-30)23(24(30)28(33)37)26(35)31-16-20-9-7-6-8-10-20/h6-12,15,21,23-25,34H,5,13-14,16-17H2,1-4H3,(H,31,35)(H,32,36)/t21-,23-,24-,25?,29+,30?/m0/s1. The molecular weight excluding hydrogens is 482 g/mol. The fraction of sp³-hybridized carbons (Fsp3) is 0.500. The molecule has 0 aliphatic carbocycles. The van der Waals surface area contributed by atoms with Gasteiger partial charge in [-0.2, -0.15) is 0 Å². The number of anilines is 1. The lowest BCUT2D eigenvalue weighted by Gasteiger charge is -2.36. The Morgan fingerprint density at radius 1 is 1.13 bits per heavy atom. The van der Waals surface area contributed by atoms with Gasteiger partial charge in [-0.1, -0.05) is 49.4 Å². The highest BCUT2D eigenvalue weighted by atomic mass is 16.5. The number of nitrogens with zero attached hydrogens (tertiary/aromatic N) is 1. The number of rotatable bonds is 8. The highest BCUT2D eigenvalue weighted by molar-refractivity contribution is 6.04. The molecule has 3 N–H and O–H groups in total. The summed E-state index contributed by atoms with van der Waals surface area (Å²) in [6.45, 7) is 7.70. The maximum atomic E-state index is 14.1. The van der Waals surface area contributed by atoms with Gasteiger partial charge in [0.15, 0.2) is 0 Å². The Hall–Kier alpha value is -3.23. The van der Waals surface area contributed by atoms with Gasteiger partial charge < -0.3 is 25.4 Å². The van der Waals surface area contributed by atoms with Crippen LogP contribution in [0.15, 0.2) is 48.5 Å². The maximum Gasteiger partial charge on any atom is 0.250 e. The maximum absolute atomic E-state index is 14.1. The molecule has 8 nitrogen and oxygen atoms in total. The number of ether oxygens (including phenoxy) is 1. The Kier molecular flexibility index (Phi) is 6.82. The zero-order valence-electron chi connectivity index (χ0n) is 22.5. The van der Waals surface area contributed by atoms with Gasteiger partial charge in [0, 0.05) is 12.2 Å². The van der Waals surface area contributed by atoms with E-state index < -0.39 is 35.1 Å². The van der Waals surface area contributed by atoms with Crippen molar-refractivity contribution >= 4 is 23.4 Å². The lowest BCUT2D eigenvalue weighted by molar-refractivity contribution is -0.148. The Labute approximate surface area is 223 Å². The number of hydrogen-bond donors (Lipinski definition) is 3. The molecule has 3 amide bonds. The summed E-state index contributed by atoms with van der Waals surface area (Å²) >= 11 is 0. The summed E-state index contributed by atoms with van der Waals surface area (Å²) in [6, 6.07) is 13.9. The van der Waals surface area contributed by atoms with Gasteiger partial charge in [-0.15, -0.1) is 0 Å². The first-order valence-electron chi connectivity index (χ1n) is 13.5. The van der Waals surface area contributed by atoms with Crippen LogP contribution in [0.1, 0.15) is 49.8 Å². The quantitative estimate of drug-likeness (QED) is 0.497. The molecule has 0 aromatic heterocycles. The number of nitrogens with one attached hydrogen (secondary N) is 2. The predicted octanol–water partition coefficient (Wildman–Crippen LogP) is 3.09. The molecule has 0 saturated carbocycles. The van der Waals surface area contributed by atoms with Crippen LogP contribution in [0.25, 0.3) is 0 Å². The SMILES string of the molecule is CC[C@@H](CO)N1C(=O)[C@@H]2[C@@H](C(=O)NCc3ccccc3)[C@@]3(C)CCC2(O3)C1C(=O)Nc1cc(C)ccc1C. The number of carbonyl (C=O) groups excluding carboxylic acids is 3. The van der Waals surface area contributed by atoms with Crippen LogP contribution < -0.4 is 10.6 Å². The van der Waals surface area contributed by atoms with E-state index in [0.717, 1.165) is 16.7 Å². The molecule has 3 heterocycles. The van der Waals surface area contributed by atoms with Crippen molar-refractivity contribution in [3.8, 4) is 0 Å². The third-order valence-electron chi connectivity index (χ3n) is 8.78. The lowest BCUT2D eigenvalue weighted by atomic mass is 9.66. The minimum atomic E-state index is -1.13. The molecule has 3 aliphatic heterocycles. The first-order valence-corrected chi connectivity index (χ1v) is 13.5. The monoisotopic (exact) mass is 519 g/mol. The lowest BCUT2D eigenvalue weighted by Crippen LogP contribution is -2.56. The van der Waals surface area contributed by atoms with Crippen molar-refractivity contribution in [1.29, 1.82) is 0 Å². The zero-order chi connectivity index (χ0) is 27.2. The van der Waals surface area contributed by atoms with Crippen LogP contribution in [-0.2, 0) is 25.7 Å². The molecule has 2 unspecified atom stereocenters. The van der Waals surface area contributed by atoms with Crippen molar-refractivity contribution in [1.82, 2.24) is 10.2 Å². The second-order valence-electron chi connectivity index (χ2n) is 11.2. The fourth-order valence-electron chi connectivity index (χ4n) is 6.84. The Morgan fingerprint density at radius 2 is 1.87 bits per heavy atom. The Morgan fingerprint density at radius 3 is 2.55 bits per heavy atom. The van der Waals surface area contributed by atoms with E-state index in [4.69, 9.17) is 4.74 Å². The van der Waals surface area contributed by atoms with E-state index in [9.17, 15) is 19.5 Å². The number of carbonyl (C=O) groups is 3. The van der Waals surface area contributed by atoms with Crippen LogP contribution in [0.5, 0.6) is 0 Å². The van der Waals surface area contributed by atoms with Crippen LogP contribution in [0.3, 0.4) is 0 Å². The second-order valence-corrected chi connectivity index (χ2v) is 11.2. The highest BCUT2D eigenvalue weighted by Gasteiger charge is 2.78. The van der Waals surface area contributed by atoms with E-state index >= 15 is 0 Å². The molecule has 6 atom stereocenters. The van der Waals surface area contributed by atoms with Crippen LogP contribution in [0.4, 0.5) is 5.69 Å². The molecule has 202 valence electrons. The molecule has 3 aliphatic rings. The molecule has 0 radical (unpaired) electrons. The summed E-state index contributed by atoms with van der Waals surface area (Å²) in [5.74, 6) is -2.42. The van der Waals surface area contributed by atoms with Gasteiger partial charge in [0.25, 0.3) is 0 Å². The highest BCUT2D eigenvalue weighted by Crippen LogP contribution is 2.63. The van der Waals surface area contributed by atoms with Crippen molar-refractivity contribution in [3.63, 3.8) is 0 Å². The van der Waals surface area contributed by atoms with Gasteiger partial charge >= 0.3 is 0 Å². The van der Waals surface area contributed by atoms with Crippen molar-refractivity contribution in [2.24, 2.45) is 11.8 Å². The van der Waals surface area contributed by atoms with Gasteiger partial charge in [0.1, 0.15) is 11.6 Å². The number of aryl methyl sites for hydroxylation is 2. The van der Waals surface area contributed by atoms with Crippen molar-refractivity contribution in [2.45, 2.75) is 76.8 Å². The average Bonchev–Trinajstić information content (AvgIpc) is 3.47. The average molecular weight is 520 g/mol. The number of aliphatic hydroxyl groups excluding tert-OH is 1. The van der Waals surface area contributed by atoms with E-state index in [1.54, 1.807) is 0 Å². The number of amides is 3. The third kappa shape index (κ3) is 4.10. The molecule has 3 saturated heterocycles. The summed E-state index contributed by atoms with van der Waals surface area (Å²) in [6.07, 6.45) is 1.53. The van der Waals surface area contributed by atoms with Gasteiger partial charge in [0.05, 0.1) is 30.1 Å². The molecule has 2 bridgehead atoms. The third-order valence-corrected chi connectivity index (χ3v) is 8.78. The van der Waals surface area contributed by atoms with Gasteiger partial charge in [0.2, 0.25) is 17.7 Å². The van der Waals surface area contributed by atoms with E-state index in [2.05, 4.69) is 10.6 Å². The Bertz CT molecular complexity index is 1250. The molecule has 8 heteroatoms. The van der Waals surface area contributed by atoms with Crippen molar-refractivity contribution < 1.29 is 24.2 Å². The van der Waals surface area contributed by atoms with Crippen molar-refractivity contribution in [3.05, 3.63) is 65.2 Å². The largest absolute Gasteiger partial charge is 0.394 e. The van der Waals surface area contributed by atoms with Gasteiger partial charge in [-0.3, -0.25) is 14.4 Å². The second kappa shape index (κ2) is 9.82. The van der Waals surface area contributed by atoms with Crippen LogP contribution in [-0.4, -0.2) is 57.6 Å². The number of benzene rings is 2.